The molecule has 1 saturated heterocycles. The van der Waals surface area contributed by atoms with Crippen molar-refractivity contribution >= 4 is 0 Å². The number of furan rings is 1. The van der Waals surface area contributed by atoms with Crippen molar-refractivity contribution in [2.24, 2.45) is 0 Å². The molecule has 4 nitrogen and oxygen atoms in total. The Labute approximate surface area is 125 Å². The highest BCUT2D eigenvalue weighted by Crippen LogP contribution is 2.14. The minimum atomic E-state index is 0.122. The van der Waals surface area contributed by atoms with Crippen molar-refractivity contribution in [3.63, 3.8) is 0 Å². The van der Waals surface area contributed by atoms with Gasteiger partial charge in [0.2, 0.25) is 0 Å². The SMILES string of the molecule is OCc1ccccc1CN1CCN(Cc2ccoc2)CC1. The van der Waals surface area contributed by atoms with Crippen LogP contribution in [0.3, 0.4) is 0 Å². The normalized spacial score (nSPS) is 17.2. The summed E-state index contributed by atoms with van der Waals surface area (Å²) in [5.74, 6) is 0. The highest BCUT2D eigenvalue weighted by atomic mass is 16.3. The standard InChI is InChI=1S/C17H22N2O2/c20-13-17-4-2-1-3-16(17)12-19-8-6-18(7-9-19)11-15-5-10-21-14-15/h1-5,10,14,20H,6-9,11-13H2. The molecule has 0 saturated carbocycles. The number of rotatable bonds is 5. The highest BCUT2D eigenvalue weighted by Gasteiger charge is 2.18. The number of hydrogen-bond donors (Lipinski definition) is 1. The average molecular weight is 286 g/mol. The van der Waals surface area contributed by atoms with E-state index in [2.05, 4.69) is 15.9 Å². The van der Waals surface area contributed by atoms with E-state index in [1.165, 1.54) is 11.1 Å². The van der Waals surface area contributed by atoms with Crippen molar-refractivity contribution in [2.45, 2.75) is 19.7 Å². The molecule has 2 heterocycles. The largest absolute Gasteiger partial charge is 0.472 e. The van der Waals surface area contributed by atoms with Crippen molar-refractivity contribution in [3.8, 4) is 0 Å². The molecule has 3 rings (SSSR count). The molecule has 1 fully saturated rings. The lowest BCUT2D eigenvalue weighted by Crippen LogP contribution is -2.45. The fourth-order valence-corrected chi connectivity index (χ4v) is 2.85. The first kappa shape index (κ1) is 14.3. The first-order valence-corrected chi connectivity index (χ1v) is 7.48. The number of hydrogen-bond acceptors (Lipinski definition) is 4. The quantitative estimate of drug-likeness (QED) is 0.913. The van der Waals surface area contributed by atoms with Crippen LogP contribution in [0, 0.1) is 0 Å². The van der Waals surface area contributed by atoms with E-state index in [9.17, 15) is 5.11 Å². The first-order valence-electron chi connectivity index (χ1n) is 7.48. The number of nitrogens with zero attached hydrogens (tertiary/aromatic N) is 2. The zero-order chi connectivity index (χ0) is 14.5. The minimum absolute atomic E-state index is 0.122. The summed E-state index contributed by atoms with van der Waals surface area (Å²) in [7, 11) is 0. The van der Waals surface area contributed by atoms with Gasteiger partial charge in [-0.05, 0) is 17.2 Å². The molecular weight excluding hydrogens is 264 g/mol. The Morgan fingerprint density at radius 3 is 2.19 bits per heavy atom. The summed E-state index contributed by atoms with van der Waals surface area (Å²) in [6, 6.07) is 10.2. The van der Waals surface area contributed by atoms with Crippen molar-refractivity contribution < 1.29 is 9.52 Å². The summed E-state index contributed by atoms with van der Waals surface area (Å²) in [6.07, 6.45) is 3.56. The van der Waals surface area contributed by atoms with E-state index in [1.807, 2.05) is 30.5 Å². The topological polar surface area (TPSA) is 39.9 Å². The van der Waals surface area contributed by atoms with E-state index in [1.54, 1.807) is 6.26 Å². The third-order valence-electron chi connectivity index (χ3n) is 4.13. The van der Waals surface area contributed by atoms with Crippen LogP contribution >= 0.6 is 0 Å². The molecule has 0 radical (unpaired) electrons. The monoisotopic (exact) mass is 286 g/mol. The van der Waals surface area contributed by atoms with E-state index in [0.717, 1.165) is 44.8 Å². The van der Waals surface area contributed by atoms with Crippen LogP contribution in [0.4, 0.5) is 0 Å². The van der Waals surface area contributed by atoms with Crippen LogP contribution in [0.2, 0.25) is 0 Å². The van der Waals surface area contributed by atoms with Gasteiger partial charge >= 0.3 is 0 Å². The molecule has 1 aliphatic rings. The molecule has 1 aromatic carbocycles. The number of benzene rings is 1. The molecule has 0 aliphatic carbocycles. The number of piperazine rings is 1. The minimum Gasteiger partial charge on any atom is -0.472 e. The lowest BCUT2D eigenvalue weighted by Gasteiger charge is -2.34. The van der Waals surface area contributed by atoms with Gasteiger partial charge in [0.1, 0.15) is 0 Å². The molecule has 0 unspecified atom stereocenters. The van der Waals surface area contributed by atoms with Gasteiger partial charge in [0, 0.05) is 44.8 Å². The molecule has 21 heavy (non-hydrogen) atoms. The van der Waals surface area contributed by atoms with Gasteiger partial charge in [-0.3, -0.25) is 9.80 Å². The van der Waals surface area contributed by atoms with Gasteiger partial charge in [0.15, 0.2) is 0 Å². The summed E-state index contributed by atoms with van der Waals surface area (Å²) < 4.78 is 5.12. The Kier molecular flexibility index (Phi) is 4.70. The molecule has 112 valence electrons. The summed E-state index contributed by atoms with van der Waals surface area (Å²) >= 11 is 0. The van der Waals surface area contributed by atoms with Gasteiger partial charge in [0.25, 0.3) is 0 Å². The fraction of sp³-hybridized carbons (Fsp3) is 0.412. The van der Waals surface area contributed by atoms with E-state index in [4.69, 9.17) is 4.42 Å². The van der Waals surface area contributed by atoms with Gasteiger partial charge in [-0.25, -0.2) is 0 Å². The molecule has 1 N–H and O–H groups in total. The fourth-order valence-electron chi connectivity index (χ4n) is 2.85. The second-order valence-corrected chi connectivity index (χ2v) is 5.61. The molecule has 4 heteroatoms. The summed E-state index contributed by atoms with van der Waals surface area (Å²) in [4.78, 5) is 4.92. The zero-order valence-electron chi connectivity index (χ0n) is 12.2. The van der Waals surface area contributed by atoms with Crippen LogP contribution in [0.5, 0.6) is 0 Å². The van der Waals surface area contributed by atoms with Gasteiger partial charge in [-0.2, -0.15) is 0 Å². The third-order valence-corrected chi connectivity index (χ3v) is 4.13. The smallest absolute Gasteiger partial charge is 0.0947 e. The van der Waals surface area contributed by atoms with Gasteiger partial charge in [-0.15, -0.1) is 0 Å². The van der Waals surface area contributed by atoms with E-state index in [0.29, 0.717) is 0 Å². The predicted molar refractivity (Wildman–Crippen MR) is 81.6 cm³/mol. The lowest BCUT2D eigenvalue weighted by atomic mass is 10.1. The summed E-state index contributed by atoms with van der Waals surface area (Å²) in [6.45, 7) is 6.30. The maximum absolute atomic E-state index is 9.40. The Hall–Kier alpha value is -1.62. The lowest BCUT2D eigenvalue weighted by molar-refractivity contribution is 0.121. The summed E-state index contributed by atoms with van der Waals surface area (Å²) in [5, 5.41) is 9.40. The number of aliphatic hydroxyl groups excluding tert-OH is 1. The van der Waals surface area contributed by atoms with Crippen LogP contribution < -0.4 is 0 Å². The Morgan fingerprint density at radius 1 is 0.905 bits per heavy atom. The van der Waals surface area contributed by atoms with Crippen LogP contribution in [-0.2, 0) is 19.7 Å². The van der Waals surface area contributed by atoms with Crippen LogP contribution in [-0.4, -0.2) is 41.1 Å². The van der Waals surface area contributed by atoms with Crippen molar-refractivity contribution in [1.82, 2.24) is 9.80 Å². The molecule has 0 amide bonds. The molecule has 0 bridgehead atoms. The van der Waals surface area contributed by atoms with Crippen molar-refractivity contribution in [3.05, 3.63) is 59.5 Å². The van der Waals surface area contributed by atoms with Gasteiger partial charge in [-0.1, -0.05) is 24.3 Å². The maximum Gasteiger partial charge on any atom is 0.0947 e. The molecule has 0 atom stereocenters. The molecule has 0 spiro atoms. The number of aliphatic hydroxyl groups is 1. The Morgan fingerprint density at radius 2 is 1.57 bits per heavy atom. The van der Waals surface area contributed by atoms with Crippen LogP contribution in [0.25, 0.3) is 0 Å². The Balaban J connectivity index is 1.51. The van der Waals surface area contributed by atoms with Crippen LogP contribution in [0.1, 0.15) is 16.7 Å². The second-order valence-electron chi connectivity index (χ2n) is 5.61. The molecule has 1 aliphatic heterocycles. The van der Waals surface area contributed by atoms with E-state index in [-0.39, 0.29) is 6.61 Å². The average Bonchev–Trinajstić information content (AvgIpc) is 3.03. The van der Waals surface area contributed by atoms with E-state index < -0.39 is 0 Å². The molecule has 1 aromatic heterocycles. The predicted octanol–water partition coefficient (Wildman–Crippen LogP) is 2.09. The zero-order valence-corrected chi connectivity index (χ0v) is 12.2. The maximum atomic E-state index is 9.40. The molecule has 2 aromatic rings. The summed E-state index contributed by atoms with van der Waals surface area (Å²) in [5.41, 5.74) is 3.52. The van der Waals surface area contributed by atoms with Gasteiger partial charge in [0.05, 0.1) is 19.1 Å². The first-order chi connectivity index (χ1) is 10.3. The van der Waals surface area contributed by atoms with Crippen LogP contribution in [0.15, 0.2) is 47.3 Å². The Bertz CT molecular complexity index is 546. The van der Waals surface area contributed by atoms with Gasteiger partial charge < -0.3 is 9.52 Å². The van der Waals surface area contributed by atoms with E-state index >= 15 is 0 Å². The second kappa shape index (κ2) is 6.89. The molecular formula is C17H22N2O2. The van der Waals surface area contributed by atoms with Crippen molar-refractivity contribution in [1.29, 1.82) is 0 Å². The third kappa shape index (κ3) is 3.73. The van der Waals surface area contributed by atoms with Crippen molar-refractivity contribution in [2.75, 3.05) is 26.2 Å². The highest BCUT2D eigenvalue weighted by molar-refractivity contribution is 5.26.